The maximum Gasteiger partial charge on any atom is 0.243 e. The van der Waals surface area contributed by atoms with E-state index in [-0.39, 0.29) is 23.6 Å². The van der Waals surface area contributed by atoms with Crippen molar-refractivity contribution in [2.24, 2.45) is 0 Å². The molecule has 12 nitrogen and oxygen atoms in total. The van der Waals surface area contributed by atoms with E-state index in [4.69, 9.17) is 24.0 Å². The van der Waals surface area contributed by atoms with Crippen molar-refractivity contribution in [2.75, 3.05) is 26.4 Å². The molecule has 9 rings (SSSR count). The highest BCUT2D eigenvalue weighted by Crippen LogP contribution is 2.36. The van der Waals surface area contributed by atoms with Gasteiger partial charge < -0.3 is 18.9 Å². The number of para-hydroxylation sites is 1. The highest BCUT2D eigenvalue weighted by atomic mass is 16.5. The van der Waals surface area contributed by atoms with Crippen molar-refractivity contribution >= 4 is 17.6 Å². The van der Waals surface area contributed by atoms with E-state index >= 15 is 0 Å². The van der Waals surface area contributed by atoms with Crippen LogP contribution in [-0.4, -0.2) is 69.7 Å². The molecule has 1 atom stereocenters. The number of aromatic nitrogens is 3. The molecule has 0 spiro atoms. The minimum Gasteiger partial charge on any atom is -0.493 e. The van der Waals surface area contributed by atoms with Gasteiger partial charge in [0, 0.05) is 85.4 Å². The zero-order valence-corrected chi connectivity index (χ0v) is 33.2. The predicted molar refractivity (Wildman–Crippen MR) is 224 cm³/mol. The molecule has 4 aromatic carbocycles. The minimum atomic E-state index is -0.300. The Hall–Kier alpha value is -6.63. The third-order valence-corrected chi connectivity index (χ3v) is 11.3. The molecule has 2 aliphatic heterocycles. The number of piperidine rings is 1. The molecule has 0 radical (unpaired) electrons. The van der Waals surface area contributed by atoms with Crippen LogP contribution in [0.5, 0.6) is 17.2 Å². The van der Waals surface area contributed by atoms with Crippen LogP contribution in [-0.2, 0) is 40.4 Å². The van der Waals surface area contributed by atoms with Gasteiger partial charge in [0.2, 0.25) is 11.8 Å². The van der Waals surface area contributed by atoms with Crippen LogP contribution in [0.4, 0.5) is 0 Å². The molecule has 1 aliphatic carbocycles. The number of fused-ring (bicyclic) bond motifs is 2. The summed E-state index contributed by atoms with van der Waals surface area (Å²) < 4.78 is 26.2. The Morgan fingerprint density at radius 3 is 2.40 bits per heavy atom. The standard InChI is InChI=1S/C48H45N5O7/c54-43-17-10-33-27-34(9-15-39(33)43)41-30-53(51-47(41)32-19-21-49-22-20-32)37-11-13-38(14-12-37)60-31-36-5-1-2-7-44(36)59-26-25-57-23-4-24-58-45-8-3-6-35-28-52(29-40(35)45)42-16-18-46(55)50-48(42)56/h1-3,5-9,11-15,19-22,27,30,42H,4,10,16-18,23-26,28-29,31H2,(H,50,55,56). The second-order valence-corrected chi connectivity index (χ2v) is 15.2. The van der Waals surface area contributed by atoms with E-state index in [1.807, 2.05) is 95.8 Å². The molecular formula is C48H45N5O7. The number of pyridine rings is 1. The average Bonchev–Trinajstić information content (AvgIpc) is 4.02. The number of Topliss-reactive ketones (excluding diaryl/α,β-unsaturated/α-hetero) is 1. The number of nitrogens with zero attached hydrogens (tertiary/aromatic N) is 4. The van der Waals surface area contributed by atoms with Crippen molar-refractivity contribution in [3.63, 3.8) is 0 Å². The van der Waals surface area contributed by atoms with E-state index in [0.29, 0.717) is 65.4 Å². The lowest BCUT2D eigenvalue weighted by atomic mass is 9.98. The number of carbonyl (C=O) groups is 3. The number of hydrogen-bond acceptors (Lipinski definition) is 10. The third-order valence-electron chi connectivity index (χ3n) is 11.3. The molecule has 304 valence electrons. The van der Waals surface area contributed by atoms with Crippen LogP contribution in [0.15, 0.2) is 116 Å². The van der Waals surface area contributed by atoms with Gasteiger partial charge in [-0.25, -0.2) is 4.68 Å². The maximum absolute atomic E-state index is 12.4. The molecule has 2 amide bonds. The number of amides is 2. The van der Waals surface area contributed by atoms with Crippen LogP contribution in [0, 0.1) is 0 Å². The summed E-state index contributed by atoms with van der Waals surface area (Å²) >= 11 is 0. The van der Waals surface area contributed by atoms with Crippen molar-refractivity contribution in [2.45, 2.75) is 57.8 Å². The first-order valence-corrected chi connectivity index (χ1v) is 20.5. The summed E-state index contributed by atoms with van der Waals surface area (Å²) in [6.07, 6.45) is 8.51. The van der Waals surface area contributed by atoms with E-state index < -0.39 is 0 Å². The summed E-state index contributed by atoms with van der Waals surface area (Å²) in [6.45, 7) is 3.48. The maximum atomic E-state index is 12.4. The van der Waals surface area contributed by atoms with E-state index in [2.05, 4.69) is 27.3 Å². The number of aryl methyl sites for hydroxylation is 1. The van der Waals surface area contributed by atoms with Gasteiger partial charge in [-0.3, -0.25) is 29.6 Å². The quantitative estimate of drug-likeness (QED) is 0.0786. The van der Waals surface area contributed by atoms with Crippen molar-refractivity contribution < 1.29 is 33.3 Å². The zero-order valence-electron chi connectivity index (χ0n) is 33.2. The third kappa shape index (κ3) is 8.56. The Kier molecular flexibility index (Phi) is 11.5. The molecule has 60 heavy (non-hydrogen) atoms. The molecule has 0 bridgehead atoms. The van der Waals surface area contributed by atoms with Crippen LogP contribution in [0.25, 0.3) is 28.1 Å². The van der Waals surface area contributed by atoms with Crippen molar-refractivity contribution in [3.05, 3.63) is 143 Å². The Morgan fingerprint density at radius 1 is 0.700 bits per heavy atom. The smallest absolute Gasteiger partial charge is 0.243 e. The number of imide groups is 1. The van der Waals surface area contributed by atoms with Gasteiger partial charge in [-0.1, -0.05) is 48.5 Å². The molecule has 1 N–H and O–H groups in total. The van der Waals surface area contributed by atoms with Crippen LogP contribution < -0.4 is 19.5 Å². The van der Waals surface area contributed by atoms with E-state index in [0.717, 1.165) is 86.0 Å². The molecule has 0 saturated carbocycles. The Morgan fingerprint density at radius 2 is 1.53 bits per heavy atom. The second kappa shape index (κ2) is 17.7. The van der Waals surface area contributed by atoms with Crippen molar-refractivity contribution in [1.29, 1.82) is 0 Å². The van der Waals surface area contributed by atoms with E-state index in [9.17, 15) is 14.4 Å². The Labute approximate surface area is 348 Å². The fraction of sp³-hybridized carbons (Fsp3) is 0.271. The van der Waals surface area contributed by atoms with Crippen molar-refractivity contribution in [1.82, 2.24) is 25.0 Å². The lowest BCUT2D eigenvalue weighted by molar-refractivity contribution is -0.137. The normalized spacial score (nSPS) is 16.1. The fourth-order valence-electron chi connectivity index (χ4n) is 8.14. The summed E-state index contributed by atoms with van der Waals surface area (Å²) in [5.74, 6) is 2.08. The Balaban J connectivity index is 0.741. The molecule has 1 fully saturated rings. The number of ketones is 1. The molecule has 12 heteroatoms. The number of nitrogens with one attached hydrogen (secondary N) is 1. The second-order valence-electron chi connectivity index (χ2n) is 15.2. The van der Waals surface area contributed by atoms with Crippen molar-refractivity contribution in [3.8, 4) is 45.3 Å². The lowest BCUT2D eigenvalue weighted by Crippen LogP contribution is -2.50. The van der Waals surface area contributed by atoms with Crippen LogP contribution in [0.2, 0.25) is 0 Å². The van der Waals surface area contributed by atoms with Gasteiger partial charge in [-0.2, -0.15) is 5.10 Å². The molecule has 1 saturated heterocycles. The molecular weight excluding hydrogens is 759 g/mol. The van der Waals surface area contributed by atoms with Gasteiger partial charge >= 0.3 is 0 Å². The van der Waals surface area contributed by atoms with Gasteiger partial charge in [0.05, 0.1) is 24.9 Å². The van der Waals surface area contributed by atoms with Crippen LogP contribution in [0.3, 0.4) is 0 Å². The topological polar surface area (TPSA) is 134 Å². The van der Waals surface area contributed by atoms with Gasteiger partial charge in [0.15, 0.2) is 5.78 Å². The Bertz CT molecular complexity index is 2520. The average molecular weight is 804 g/mol. The molecule has 3 aliphatic rings. The number of hydrogen-bond donors (Lipinski definition) is 1. The van der Waals surface area contributed by atoms with Crippen LogP contribution >= 0.6 is 0 Å². The lowest BCUT2D eigenvalue weighted by Gasteiger charge is -2.29. The monoisotopic (exact) mass is 803 g/mol. The number of rotatable bonds is 16. The van der Waals surface area contributed by atoms with Gasteiger partial charge in [0.1, 0.15) is 36.2 Å². The zero-order chi connectivity index (χ0) is 40.8. The fourth-order valence-corrected chi connectivity index (χ4v) is 8.14. The highest BCUT2D eigenvalue weighted by molar-refractivity contribution is 6.01. The van der Waals surface area contributed by atoms with E-state index in [1.165, 1.54) is 0 Å². The first-order chi connectivity index (χ1) is 29.5. The predicted octanol–water partition coefficient (Wildman–Crippen LogP) is 7.29. The SMILES string of the molecule is O=C1CCC(N2Cc3cccc(OCCCOCCOc4ccccc4COc4ccc(-n5cc(-c6ccc7c(c6)CCC7=O)c(-c6ccncc6)n5)cc4)c3C2)C(=O)N1. The first kappa shape index (κ1) is 38.9. The summed E-state index contributed by atoms with van der Waals surface area (Å²) in [6, 6.07) is 31.4. The molecule has 2 aromatic heterocycles. The van der Waals surface area contributed by atoms with Crippen LogP contribution in [0.1, 0.15) is 58.3 Å². The number of benzene rings is 4. The molecule has 4 heterocycles. The highest BCUT2D eigenvalue weighted by Gasteiger charge is 2.35. The largest absolute Gasteiger partial charge is 0.493 e. The first-order valence-electron chi connectivity index (χ1n) is 20.5. The summed E-state index contributed by atoms with van der Waals surface area (Å²) in [4.78, 5) is 42.6. The number of ether oxygens (including phenoxy) is 4. The summed E-state index contributed by atoms with van der Waals surface area (Å²) in [5.41, 5.74) is 9.77. The van der Waals surface area contributed by atoms with Gasteiger partial charge in [-0.15, -0.1) is 0 Å². The number of carbonyl (C=O) groups excluding carboxylic acids is 3. The molecule has 1 unspecified atom stereocenters. The van der Waals surface area contributed by atoms with E-state index in [1.54, 1.807) is 12.4 Å². The van der Waals surface area contributed by atoms with Gasteiger partial charge in [-0.05, 0) is 78.1 Å². The summed E-state index contributed by atoms with van der Waals surface area (Å²) in [5, 5.41) is 7.46. The molecule has 6 aromatic rings. The van der Waals surface area contributed by atoms with Gasteiger partial charge in [0.25, 0.3) is 0 Å². The minimum absolute atomic E-state index is 0.202. The summed E-state index contributed by atoms with van der Waals surface area (Å²) in [7, 11) is 0.